The lowest BCUT2D eigenvalue weighted by molar-refractivity contribution is -0.422. The molecule has 18 heavy (non-hydrogen) atoms. The molecule has 1 rings (SSSR count). The Morgan fingerprint density at radius 2 is 1.61 bits per heavy atom. The van der Waals surface area contributed by atoms with Crippen molar-refractivity contribution in [3.05, 3.63) is 37.4 Å². The highest BCUT2D eigenvalue weighted by Gasteiger charge is 2.33. The summed E-state index contributed by atoms with van der Waals surface area (Å²) in [5.74, 6) is -0.528. The molecule has 0 saturated heterocycles. The standard InChI is InChI=1S/C10H11N3O5/c1-5-4-6(2)9(12(15)16)10(13(17)18)8(5)11-7(3)14/h4H,1-3H3,(H,11,14). The Hall–Kier alpha value is -2.51. The van der Waals surface area contributed by atoms with Crippen LogP contribution in [0.1, 0.15) is 18.1 Å². The lowest BCUT2D eigenvalue weighted by atomic mass is 10.1. The van der Waals surface area contributed by atoms with Gasteiger partial charge in [-0.15, -0.1) is 0 Å². The van der Waals surface area contributed by atoms with Gasteiger partial charge in [0.05, 0.1) is 9.85 Å². The van der Waals surface area contributed by atoms with Crippen LogP contribution in [-0.2, 0) is 4.79 Å². The Balaban J connectivity index is 3.68. The van der Waals surface area contributed by atoms with Crippen molar-refractivity contribution in [2.75, 3.05) is 5.32 Å². The van der Waals surface area contributed by atoms with Gasteiger partial charge in [0.25, 0.3) is 0 Å². The number of aryl methyl sites for hydroxylation is 2. The first-order valence-electron chi connectivity index (χ1n) is 4.96. The van der Waals surface area contributed by atoms with Crippen LogP contribution >= 0.6 is 0 Å². The Bertz CT molecular complexity index is 553. The third kappa shape index (κ3) is 2.42. The molecule has 0 radical (unpaired) electrons. The second-order valence-electron chi connectivity index (χ2n) is 3.78. The predicted octanol–water partition coefficient (Wildman–Crippen LogP) is 2.08. The van der Waals surface area contributed by atoms with Crippen LogP contribution in [0.4, 0.5) is 17.1 Å². The zero-order valence-corrected chi connectivity index (χ0v) is 10.0. The van der Waals surface area contributed by atoms with E-state index in [1.54, 1.807) is 0 Å². The molecule has 8 nitrogen and oxygen atoms in total. The minimum absolute atomic E-state index is 0.134. The number of carbonyl (C=O) groups excluding carboxylic acids is 1. The summed E-state index contributed by atoms with van der Waals surface area (Å²) in [5.41, 5.74) is -0.842. The Morgan fingerprint density at radius 3 is 2.00 bits per heavy atom. The van der Waals surface area contributed by atoms with Gasteiger partial charge in [-0.2, -0.15) is 0 Å². The van der Waals surface area contributed by atoms with Gasteiger partial charge in [-0.1, -0.05) is 0 Å². The Kier molecular flexibility index (Phi) is 3.60. The van der Waals surface area contributed by atoms with E-state index < -0.39 is 27.1 Å². The summed E-state index contributed by atoms with van der Waals surface area (Å²) in [6.45, 7) is 4.12. The largest absolute Gasteiger partial charge is 0.369 e. The molecule has 8 heteroatoms. The number of nitrogens with one attached hydrogen (secondary N) is 1. The topological polar surface area (TPSA) is 115 Å². The number of hydrogen-bond donors (Lipinski definition) is 1. The van der Waals surface area contributed by atoms with Crippen LogP contribution in [0, 0.1) is 34.1 Å². The SMILES string of the molecule is CC(=O)Nc1c(C)cc(C)c([N+](=O)[O-])c1[N+](=O)[O-]. The van der Waals surface area contributed by atoms with Gasteiger partial charge in [0.2, 0.25) is 5.91 Å². The number of benzene rings is 1. The first-order valence-corrected chi connectivity index (χ1v) is 4.96. The fourth-order valence-electron chi connectivity index (χ4n) is 1.70. The summed E-state index contributed by atoms with van der Waals surface area (Å²) in [5, 5.41) is 24.1. The third-order valence-corrected chi connectivity index (χ3v) is 2.33. The van der Waals surface area contributed by atoms with Crippen molar-refractivity contribution >= 4 is 23.0 Å². The summed E-state index contributed by atoms with van der Waals surface area (Å²) in [6.07, 6.45) is 0. The average molecular weight is 253 g/mol. The molecule has 0 unspecified atom stereocenters. The van der Waals surface area contributed by atoms with Crippen LogP contribution in [0.3, 0.4) is 0 Å². The van der Waals surface area contributed by atoms with Crippen molar-refractivity contribution in [2.45, 2.75) is 20.8 Å². The molecule has 96 valence electrons. The number of carbonyl (C=O) groups is 1. The third-order valence-electron chi connectivity index (χ3n) is 2.33. The quantitative estimate of drug-likeness (QED) is 0.653. The van der Waals surface area contributed by atoms with Crippen LogP contribution in [0.15, 0.2) is 6.07 Å². The smallest absolute Gasteiger partial charge is 0.320 e. The molecule has 1 aromatic carbocycles. The molecule has 0 atom stereocenters. The molecule has 0 bridgehead atoms. The van der Waals surface area contributed by atoms with E-state index in [1.807, 2.05) is 0 Å². The van der Waals surface area contributed by atoms with Gasteiger partial charge in [0.15, 0.2) is 0 Å². The Morgan fingerprint density at radius 1 is 1.11 bits per heavy atom. The van der Waals surface area contributed by atoms with Gasteiger partial charge in [-0.05, 0) is 25.5 Å². The summed E-state index contributed by atoms with van der Waals surface area (Å²) >= 11 is 0. The first kappa shape index (κ1) is 13.6. The molecule has 0 aliphatic heterocycles. The van der Waals surface area contributed by atoms with E-state index in [1.165, 1.54) is 26.8 Å². The summed E-state index contributed by atoms with van der Waals surface area (Å²) < 4.78 is 0. The number of rotatable bonds is 3. The number of anilines is 1. The maximum atomic E-state index is 11.0. The Labute approximate surface area is 102 Å². The molecule has 1 aromatic rings. The van der Waals surface area contributed by atoms with E-state index in [4.69, 9.17) is 0 Å². The molecule has 0 aliphatic rings. The van der Waals surface area contributed by atoms with Gasteiger partial charge in [0, 0.05) is 12.5 Å². The summed E-state index contributed by atoms with van der Waals surface area (Å²) in [7, 11) is 0. The van der Waals surface area contributed by atoms with Crippen LogP contribution in [0.25, 0.3) is 0 Å². The minimum atomic E-state index is -0.858. The van der Waals surface area contributed by atoms with E-state index in [-0.39, 0.29) is 11.3 Å². The molecule has 0 aliphatic carbocycles. The maximum Gasteiger partial charge on any atom is 0.369 e. The monoisotopic (exact) mass is 253 g/mol. The molecule has 0 heterocycles. The van der Waals surface area contributed by atoms with E-state index >= 15 is 0 Å². The summed E-state index contributed by atoms with van der Waals surface area (Å²) in [6, 6.07) is 1.43. The van der Waals surface area contributed by atoms with Crippen LogP contribution in [-0.4, -0.2) is 15.8 Å². The van der Waals surface area contributed by atoms with Crippen molar-refractivity contribution < 1.29 is 14.6 Å². The van der Waals surface area contributed by atoms with Crippen molar-refractivity contribution in [2.24, 2.45) is 0 Å². The van der Waals surface area contributed by atoms with Crippen LogP contribution < -0.4 is 5.32 Å². The highest BCUT2D eigenvalue weighted by Crippen LogP contribution is 2.39. The number of amides is 1. The lowest BCUT2D eigenvalue weighted by Gasteiger charge is -2.09. The predicted molar refractivity (Wildman–Crippen MR) is 63.5 cm³/mol. The molecule has 0 fully saturated rings. The van der Waals surface area contributed by atoms with Crippen LogP contribution in [0.5, 0.6) is 0 Å². The summed E-state index contributed by atoms with van der Waals surface area (Å²) in [4.78, 5) is 31.2. The zero-order chi connectivity index (χ0) is 14.0. The highest BCUT2D eigenvalue weighted by atomic mass is 16.6. The highest BCUT2D eigenvalue weighted by molar-refractivity contribution is 5.94. The van der Waals surface area contributed by atoms with Gasteiger partial charge >= 0.3 is 11.4 Å². The average Bonchev–Trinajstić information content (AvgIpc) is 2.19. The number of nitro benzene ring substituents is 2. The number of nitro groups is 2. The van der Waals surface area contributed by atoms with Crippen molar-refractivity contribution in [1.29, 1.82) is 0 Å². The van der Waals surface area contributed by atoms with Crippen LogP contribution in [0.2, 0.25) is 0 Å². The molecule has 0 saturated carbocycles. The van der Waals surface area contributed by atoms with Crippen molar-refractivity contribution in [1.82, 2.24) is 0 Å². The fourth-order valence-corrected chi connectivity index (χ4v) is 1.70. The van der Waals surface area contributed by atoms with E-state index in [9.17, 15) is 25.0 Å². The van der Waals surface area contributed by atoms with Crippen molar-refractivity contribution in [3.63, 3.8) is 0 Å². The van der Waals surface area contributed by atoms with E-state index in [0.717, 1.165) is 0 Å². The first-order chi connectivity index (χ1) is 8.25. The van der Waals surface area contributed by atoms with E-state index in [2.05, 4.69) is 5.32 Å². The number of nitrogens with zero attached hydrogens (tertiary/aromatic N) is 2. The van der Waals surface area contributed by atoms with Gasteiger partial charge < -0.3 is 5.32 Å². The number of hydrogen-bond acceptors (Lipinski definition) is 5. The molecular weight excluding hydrogens is 242 g/mol. The van der Waals surface area contributed by atoms with Gasteiger partial charge in [-0.3, -0.25) is 25.0 Å². The molecule has 0 spiro atoms. The fraction of sp³-hybridized carbons (Fsp3) is 0.300. The normalized spacial score (nSPS) is 9.94. The maximum absolute atomic E-state index is 11.0. The van der Waals surface area contributed by atoms with Gasteiger partial charge in [0.1, 0.15) is 5.69 Å². The lowest BCUT2D eigenvalue weighted by Crippen LogP contribution is -2.11. The zero-order valence-electron chi connectivity index (χ0n) is 10.0. The molecule has 1 amide bonds. The molecule has 0 aromatic heterocycles. The van der Waals surface area contributed by atoms with Gasteiger partial charge in [-0.25, -0.2) is 0 Å². The van der Waals surface area contributed by atoms with E-state index in [0.29, 0.717) is 5.56 Å². The van der Waals surface area contributed by atoms with Crippen molar-refractivity contribution in [3.8, 4) is 0 Å². The molecule has 1 N–H and O–H groups in total. The minimum Gasteiger partial charge on any atom is -0.320 e. The second-order valence-corrected chi connectivity index (χ2v) is 3.78. The molecular formula is C10H11N3O5. The second kappa shape index (κ2) is 4.78.